The third-order valence-electron chi connectivity index (χ3n) is 7.92. The van der Waals surface area contributed by atoms with E-state index in [-0.39, 0.29) is 18.1 Å². The number of rotatable bonds is 4. The Morgan fingerprint density at radius 3 is 2.83 bits per heavy atom. The number of aliphatic hydroxyl groups excluding tert-OH is 1. The number of H-pyrrole nitrogens is 1. The fourth-order valence-corrected chi connectivity index (χ4v) is 5.72. The maximum absolute atomic E-state index is 15.2. The number of carbonyl (C=O) groups is 1. The van der Waals surface area contributed by atoms with Crippen molar-refractivity contribution in [3.8, 4) is 11.1 Å². The van der Waals surface area contributed by atoms with Crippen LogP contribution in [0.5, 0.6) is 0 Å². The van der Waals surface area contributed by atoms with Gasteiger partial charge in [0.2, 0.25) is 5.91 Å². The molecule has 4 heterocycles. The summed E-state index contributed by atoms with van der Waals surface area (Å²) >= 11 is 0. The number of aliphatic hydroxyl groups is 1. The topological polar surface area (TPSA) is 75.7 Å². The van der Waals surface area contributed by atoms with Gasteiger partial charge in [-0.1, -0.05) is 6.08 Å². The van der Waals surface area contributed by atoms with Crippen molar-refractivity contribution in [2.75, 3.05) is 38.6 Å². The lowest BCUT2D eigenvalue weighted by atomic mass is 9.88. The first-order valence-electron chi connectivity index (χ1n) is 12.4. The van der Waals surface area contributed by atoms with Crippen LogP contribution >= 0.6 is 0 Å². The van der Waals surface area contributed by atoms with Crippen LogP contribution in [0.2, 0.25) is 0 Å². The van der Waals surface area contributed by atoms with E-state index < -0.39 is 11.6 Å². The number of anilines is 1. The monoisotopic (exact) mass is 493 g/mol. The number of likely N-dealkylation sites (N-methyl/N-ethyl adjacent to an activating group) is 1. The van der Waals surface area contributed by atoms with Crippen LogP contribution in [0.4, 0.5) is 14.5 Å². The predicted molar refractivity (Wildman–Crippen MR) is 134 cm³/mol. The molecule has 2 aliphatic heterocycles. The lowest BCUT2D eigenvalue weighted by Crippen LogP contribution is -2.50. The van der Waals surface area contributed by atoms with E-state index in [9.17, 15) is 14.3 Å². The maximum Gasteiger partial charge on any atom is 0.236 e. The summed E-state index contributed by atoms with van der Waals surface area (Å²) in [6.45, 7) is 2.23. The Hall–Kier alpha value is -3.30. The van der Waals surface area contributed by atoms with Crippen molar-refractivity contribution in [3.63, 3.8) is 0 Å². The molecule has 1 fully saturated rings. The molecule has 0 radical (unpaired) electrons. The average Bonchev–Trinajstić information content (AvgIpc) is 3.13. The van der Waals surface area contributed by atoms with Gasteiger partial charge in [0.15, 0.2) is 0 Å². The minimum absolute atomic E-state index is 0.0666. The Morgan fingerprint density at radius 1 is 1.31 bits per heavy atom. The van der Waals surface area contributed by atoms with Crippen LogP contribution < -0.4 is 4.90 Å². The van der Waals surface area contributed by atoms with Crippen LogP contribution in [-0.4, -0.2) is 76.7 Å². The van der Waals surface area contributed by atoms with E-state index in [1.165, 1.54) is 18.3 Å². The third kappa shape index (κ3) is 3.77. The quantitative estimate of drug-likeness (QED) is 0.582. The first-order valence-corrected chi connectivity index (χ1v) is 12.4. The molecule has 2 N–H and O–H groups in total. The summed E-state index contributed by atoms with van der Waals surface area (Å²) in [4.78, 5) is 26.3. The smallest absolute Gasteiger partial charge is 0.236 e. The van der Waals surface area contributed by atoms with Crippen LogP contribution in [0.3, 0.4) is 0 Å². The van der Waals surface area contributed by atoms with E-state index in [0.717, 1.165) is 35.5 Å². The molecule has 1 aromatic carbocycles. The lowest BCUT2D eigenvalue weighted by molar-refractivity contribution is -0.136. The van der Waals surface area contributed by atoms with Crippen molar-refractivity contribution >= 4 is 28.2 Å². The normalized spacial score (nSPS) is 21.6. The lowest BCUT2D eigenvalue weighted by Gasteiger charge is -2.39. The van der Waals surface area contributed by atoms with Gasteiger partial charge in [0.25, 0.3) is 0 Å². The number of aromatic amines is 1. The number of aromatic nitrogens is 2. The number of halogens is 2. The Morgan fingerprint density at radius 2 is 2.11 bits per heavy atom. The number of nitrogens with zero attached hydrogens (tertiary/aromatic N) is 4. The maximum atomic E-state index is 15.2. The second-order valence-electron chi connectivity index (χ2n) is 10.2. The summed E-state index contributed by atoms with van der Waals surface area (Å²) in [7, 11) is 3.74. The second kappa shape index (κ2) is 8.67. The fourth-order valence-electron chi connectivity index (χ4n) is 5.72. The number of hydrogen-bond donors (Lipinski definition) is 2. The molecule has 1 aliphatic carbocycles. The number of benzene rings is 1. The SMILES string of the molecule is CN1Cc2c(C3=CCN(CC(=O)N(C)C4CC(O)C4)CC3)[nH]c3ncc(F)c(c23)-c2cc(F)ccc21. The molecule has 6 rings (SSSR count). The molecule has 0 bridgehead atoms. The van der Waals surface area contributed by atoms with Crippen molar-refractivity contribution < 1.29 is 18.7 Å². The predicted octanol–water partition coefficient (Wildman–Crippen LogP) is 3.53. The van der Waals surface area contributed by atoms with Crippen molar-refractivity contribution in [2.45, 2.75) is 38.0 Å². The van der Waals surface area contributed by atoms with Gasteiger partial charge in [-0.15, -0.1) is 0 Å². The van der Waals surface area contributed by atoms with Gasteiger partial charge in [0, 0.05) is 73.2 Å². The second-order valence-corrected chi connectivity index (χ2v) is 10.2. The summed E-state index contributed by atoms with van der Waals surface area (Å²) in [5.41, 5.74) is 5.25. The summed E-state index contributed by atoms with van der Waals surface area (Å²) < 4.78 is 29.3. The molecule has 36 heavy (non-hydrogen) atoms. The van der Waals surface area contributed by atoms with E-state index in [2.05, 4.69) is 20.9 Å². The molecule has 2 aromatic heterocycles. The summed E-state index contributed by atoms with van der Waals surface area (Å²) in [6.07, 6.45) is 5.07. The number of nitrogens with one attached hydrogen (secondary N) is 1. The minimum atomic E-state index is -0.470. The zero-order valence-corrected chi connectivity index (χ0v) is 20.4. The molecule has 0 spiro atoms. The van der Waals surface area contributed by atoms with Crippen molar-refractivity contribution in [1.82, 2.24) is 19.8 Å². The number of carbonyl (C=O) groups excluding carboxylic acids is 1. The van der Waals surface area contributed by atoms with E-state index >= 15 is 4.39 Å². The number of fused-ring (bicyclic) bond motifs is 2. The van der Waals surface area contributed by atoms with Crippen LogP contribution in [0.15, 0.2) is 30.5 Å². The molecule has 3 aromatic rings. The highest BCUT2D eigenvalue weighted by Crippen LogP contribution is 2.44. The van der Waals surface area contributed by atoms with Gasteiger partial charge in [-0.2, -0.15) is 0 Å². The molecule has 1 saturated carbocycles. The average molecular weight is 494 g/mol. The van der Waals surface area contributed by atoms with Gasteiger partial charge in [0.05, 0.1) is 18.8 Å². The highest BCUT2D eigenvalue weighted by Gasteiger charge is 2.34. The molecule has 1 amide bonds. The summed E-state index contributed by atoms with van der Waals surface area (Å²) in [6, 6.07) is 4.62. The highest BCUT2D eigenvalue weighted by atomic mass is 19.1. The molecule has 0 unspecified atom stereocenters. The van der Waals surface area contributed by atoms with E-state index in [0.29, 0.717) is 54.6 Å². The Bertz CT molecular complexity index is 1390. The van der Waals surface area contributed by atoms with Crippen LogP contribution in [0.25, 0.3) is 27.7 Å². The summed E-state index contributed by atoms with van der Waals surface area (Å²) in [5, 5.41) is 10.2. The molecule has 188 valence electrons. The van der Waals surface area contributed by atoms with Gasteiger partial charge in [0.1, 0.15) is 17.3 Å². The van der Waals surface area contributed by atoms with Gasteiger partial charge < -0.3 is 19.9 Å². The molecule has 0 atom stereocenters. The minimum Gasteiger partial charge on any atom is -0.393 e. The first kappa shape index (κ1) is 23.1. The molecule has 0 saturated heterocycles. The van der Waals surface area contributed by atoms with Crippen molar-refractivity contribution in [3.05, 3.63) is 53.4 Å². The van der Waals surface area contributed by atoms with Crippen LogP contribution in [0, 0.1) is 11.6 Å². The van der Waals surface area contributed by atoms with Gasteiger partial charge >= 0.3 is 0 Å². The van der Waals surface area contributed by atoms with Crippen molar-refractivity contribution in [1.29, 1.82) is 0 Å². The number of hydrogen-bond acceptors (Lipinski definition) is 5. The fraction of sp³-hybridized carbons (Fsp3) is 0.407. The molecule has 9 heteroatoms. The zero-order valence-electron chi connectivity index (χ0n) is 20.4. The van der Waals surface area contributed by atoms with Gasteiger partial charge in [-0.25, -0.2) is 13.8 Å². The van der Waals surface area contributed by atoms with Crippen LogP contribution in [0.1, 0.15) is 30.5 Å². The Balaban J connectivity index is 1.30. The summed E-state index contributed by atoms with van der Waals surface area (Å²) in [5.74, 6) is -0.812. The van der Waals surface area contributed by atoms with Crippen LogP contribution in [-0.2, 0) is 11.3 Å². The number of amides is 1. The van der Waals surface area contributed by atoms with Crippen molar-refractivity contribution in [2.24, 2.45) is 0 Å². The molecular weight excluding hydrogens is 464 g/mol. The largest absolute Gasteiger partial charge is 0.393 e. The number of pyridine rings is 1. The highest BCUT2D eigenvalue weighted by molar-refractivity contribution is 6.03. The molecular formula is C27H29F2N5O2. The van der Waals surface area contributed by atoms with Gasteiger partial charge in [-0.3, -0.25) is 9.69 Å². The standard InChI is InChI=1S/C27H29F2N5O2/c1-32-13-20-25-24(19-9-16(28)3-4-22(19)32)21(29)12-30-27(25)31-26(20)15-5-7-34(8-6-15)14-23(36)33(2)17-10-18(35)11-17/h3-5,9,12,17-18,35H,6-8,10-11,13-14H2,1-2H3,(H,30,31). The van der Waals surface area contributed by atoms with E-state index in [4.69, 9.17) is 0 Å². The van der Waals surface area contributed by atoms with E-state index in [1.807, 2.05) is 19.0 Å². The zero-order chi connectivity index (χ0) is 25.1. The third-order valence-corrected chi connectivity index (χ3v) is 7.92. The molecule has 7 nitrogen and oxygen atoms in total. The first-order chi connectivity index (χ1) is 17.3. The van der Waals surface area contributed by atoms with Gasteiger partial charge in [-0.05, 0) is 43.0 Å². The Labute approximate surface area is 208 Å². The molecule has 3 aliphatic rings. The van der Waals surface area contributed by atoms with E-state index in [1.54, 1.807) is 11.0 Å². The Kier molecular flexibility index (Phi) is 5.57.